The van der Waals surface area contributed by atoms with Crippen molar-refractivity contribution in [3.8, 4) is 0 Å². The topological polar surface area (TPSA) is 64.2 Å². The molecule has 2 heterocycles. The number of urea groups is 1. The lowest BCUT2D eigenvalue weighted by Crippen LogP contribution is -2.41. The van der Waals surface area contributed by atoms with Gasteiger partial charge in [0.15, 0.2) is 0 Å². The molecule has 1 aliphatic rings. The predicted molar refractivity (Wildman–Crippen MR) is 42.2 cm³/mol. The van der Waals surface area contributed by atoms with Crippen LogP contribution >= 0.6 is 0 Å². The van der Waals surface area contributed by atoms with Gasteiger partial charge in [0.05, 0.1) is 18.8 Å². The Labute approximate surface area is 69.8 Å². The van der Waals surface area contributed by atoms with E-state index in [2.05, 4.69) is 5.10 Å². The molecule has 0 saturated heterocycles. The summed E-state index contributed by atoms with van der Waals surface area (Å²) in [6, 6.07) is 1.54. The average Bonchev–Trinajstić information content (AvgIpc) is 2.49. The number of carbonyl (C=O) groups is 1. The van der Waals surface area contributed by atoms with E-state index in [9.17, 15) is 4.79 Å². The summed E-state index contributed by atoms with van der Waals surface area (Å²) in [6.07, 6.45) is 1.74. The minimum Gasteiger partial charge on any atom is -0.351 e. The second-order valence-corrected chi connectivity index (χ2v) is 2.81. The number of rotatable bonds is 0. The van der Waals surface area contributed by atoms with Crippen LogP contribution in [0.25, 0.3) is 0 Å². The zero-order valence-electron chi connectivity index (χ0n) is 6.60. The van der Waals surface area contributed by atoms with Crippen LogP contribution in [0.5, 0.6) is 0 Å². The van der Waals surface area contributed by atoms with Crippen molar-refractivity contribution in [2.75, 3.05) is 6.54 Å². The van der Waals surface area contributed by atoms with Gasteiger partial charge in [-0.25, -0.2) is 4.79 Å². The van der Waals surface area contributed by atoms with Crippen LogP contribution in [0.2, 0.25) is 0 Å². The van der Waals surface area contributed by atoms with E-state index < -0.39 is 0 Å². The summed E-state index contributed by atoms with van der Waals surface area (Å²) >= 11 is 0. The van der Waals surface area contributed by atoms with Crippen molar-refractivity contribution in [1.29, 1.82) is 0 Å². The van der Waals surface area contributed by atoms with Gasteiger partial charge in [-0.1, -0.05) is 0 Å². The van der Waals surface area contributed by atoms with Crippen molar-refractivity contribution in [2.45, 2.75) is 13.1 Å². The number of nitrogens with zero attached hydrogens (tertiary/aromatic N) is 3. The molecule has 1 aromatic rings. The number of nitrogens with two attached hydrogens (primary N) is 1. The number of hydrogen-bond acceptors (Lipinski definition) is 2. The van der Waals surface area contributed by atoms with Gasteiger partial charge >= 0.3 is 6.03 Å². The highest BCUT2D eigenvalue weighted by Gasteiger charge is 2.17. The summed E-state index contributed by atoms with van der Waals surface area (Å²) < 4.78 is 1.89. The molecule has 1 aliphatic heterocycles. The Morgan fingerprint density at radius 2 is 2.42 bits per heavy atom. The molecular formula is C7H10N4O. The SMILES string of the molecule is NC(=O)N1CCn2nccc2C1. The smallest absolute Gasteiger partial charge is 0.315 e. The minimum atomic E-state index is -0.359. The van der Waals surface area contributed by atoms with Gasteiger partial charge in [0.2, 0.25) is 0 Å². The summed E-state index contributed by atoms with van der Waals surface area (Å²) in [6.45, 7) is 1.98. The van der Waals surface area contributed by atoms with E-state index >= 15 is 0 Å². The van der Waals surface area contributed by atoms with E-state index in [0.717, 1.165) is 12.2 Å². The molecule has 0 aromatic carbocycles. The van der Waals surface area contributed by atoms with Crippen LogP contribution < -0.4 is 5.73 Å². The van der Waals surface area contributed by atoms with Crippen molar-refractivity contribution in [2.24, 2.45) is 5.73 Å². The first-order valence-electron chi connectivity index (χ1n) is 3.82. The summed E-state index contributed by atoms with van der Waals surface area (Å²) in [5.74, 6) is 0. The molecule has 0 spiro atoms. The molecule has 64 valence electrons. The van der Waals surface area contributed by atoms with Crippen molar-refractivity contribution in [1.82, 2.24) is 14.7 Å². The molecule has 0 fully saturated rings. The van der Waals surface area contributed by atoms with E-state index in [-0.39, 0.29) is 6.03 Å². The molecule has 2 amide bonds. The molecule has 12 heavy (non-hydrogen) atoms. The normalized spacial score (nSPS) is 15.8. The Hall–Kier alpha value is -1.52. The van der Waals surface area contributed by atoms with Crippen LogP contribution in [0.4, 0.5) is 4.79 Å². The van der Waals surface area contributed by atoms with Gasteiger partial charge in [0, 0.05) is 12.7 Å². The highest BCUT2D eigenvalue weighted by Crippen LogP contribution is 2.09. The van der Waals surface area contributed by atoms with Gasteiger partial charge in [0.1, 0.15) is 0 Å². The molecule has 0 unspecified atom stereocenters. The minimum absolute atomic E-state index is 0.359. The monoisotopic (exact) mass is 166 g/mol. The third kappa shape index (κ3) is 1.03. The van der Waals surface area contributed by atoms with Gasteiger partial charge < -0.3 is 10.6 Å². The molecule has 0 radical (unpaired) electrons. The maximum absolute atomic E-state index is 10.8. The highest BCUT2D eigenvalue weighted by molar-refractivity contribution is 5.72. The molecule has 0 saturated carbocycles. The summed E-state index contributed by atoms with van der Waals surface area (Å²) in [5, 5.41) is 4.09. The maximum Gasteiger partial charge on any atom is 0.315 e. The van der Waals surface area contributed by atoms with Gasteiger partial charge in [-0.3, -0.25) is 4.68 Å². The Morgan fingerprint density at radius 1 is 1.58 bits per heavy atom. The van der Waals surface area contributed by atoms with Gasteiger partial charge in [-0.05, 0) is 6.07 Å². The molecule has 2 N–H and O–H groups in total. The lowest BCUT2D eigenvalue weighted by atomic mass is 10.3. The summed E-state index contributed by atoms with van der Waals surface area (Å²) in [5.41, 5.74) is 6.19. The summed E-state index contributed by atoms with van der Waals surface area (Å²) in [7, 11) is 0. The fourth-order valence-electron chi connectivity index (χ4n) is 1.37. The molecule has 0 atom stereocenters. The van der Waals surface area contributed by atoms with Crippen LogP contribution in [0.3, 0.4) is 0 Å². The molecule has 0 aliphatic carbocycles. The Balaban J connectivity index is 2.20. The number of primary amides is 1. The second kappa shape index (κ2) is 2.51. The van der Waals surface area contributed by atoms with Gasteiger partial charge in [-0.15, -0.1) is 0 Å². The standard InChI is InChI=1S/C7H10N4O/c8-7(12)10-3-4-11-6(5-10)1-2-9-11/h1-2H,3-5H2,(H2,8,12). The van der Waals surface area contributed by atoms with E-state index in [0.29, 0.717) is 13.1 Å². The number of amides is 2. The molecule has 5 heteroatoms. The van der Waals surface area contributed by atoms with E-state index in [1.54, 1.807) is 11.1 Å². The molecule has 5 nitrogen and oxygen atoms in total. The molecule has 2 rings (SSSR count). The van der Waals surface area contributed by atoms with E-state index in [4.69, 9.17) is 5.73 Å². The molecule has 1 aromatic heterocycles. The van der Waals surface area contributed by atoms with Crippen LogP contribution in [-0.2, 0) is 13.1 Å². The average molecular weight is 166 g/mol. The fourth-order valence-corrected chi connectivity index (χ4v) is 1.37. The Bertz CT molecular complexity index is 306. The maximum atomic E-state index is 10.8. The van der Waals surface area contributed by atoms with Gasteiger partial charge in [-0.2, -0.15) is 5.10 Å². The van der Waals surface area contributed by atoms with Crippen LogP contribution in [0.1, 0.15) is 5.69 Å². The summed E-state index contributed by atoms with van der Waals surface area (Å²) in [4.78, 5) is 12.4. The van der Waals surface area contributed by atoms with Crippen LogP contribution in [0.15, 0.2) is 12.3 Å². The lowest BCUT2D eigenvalue weighted by molar-refractivity contribution is 0.190. The van der Waals surface area contributed by atoms with Gasteiger partial charge in [0.25, 0.3) is 0 Å². The zero-order valence-corrected chi connectivity index (χ0v) is 6.60. The Kier molecular flexibility index (Phi) is 1.49. The number of carbonyl (C=O) groups excluding carboxylic acids is 1. The number of fused-ring (bicyclic) bond motifs is 1. The van der Waals surface area contributed by atoms with Crippen molar-refractivity contribution < 1.29 is 4.79 Å². The predicted octanol–water partition coefficient (Wildman–Crippen LogP) is -0.223. The lowest BCUT2D eigenvalue weighted by Gasteiger charge is -2.25. The van der Waals surface area contributed by atoms with E-state index in [1.165, 1.54) is 0 Å². The van der Waals surface area contributed by atoms with Crippen LogP contribution in [0, 0.1) is 0 Å². The van der Waals surface area contributed by atoms with Crippen molar-refractivity contribution in [3.05, 3.63) is 18.0 Å². The largest absolute Gasteiger partial charge is 0.351 e. The number of hydrogen-bond donors (Lipinski definition) is 1. The first kappa shape index (κ1) is 7.15. The first-order chi connectivity index (χ1) is 5.77. The van der Waals surface area contributed by atoms with Crippen molar-refractivity contribution in [3.63, 3.8) is 0 Å². The molecular weight excluding hydrogens is 156 g/mol. The zero-order chi connectivity index (χ0) is 8.55. The van der Waals surface area contributed by atoms with Crippen molar-refractivity contribution >= 4 is 6.03 Å². The Morgan fingerprint density at radius 3 is 3.17 bits per heavy atom. The number of aromatic nitrogens is 2. The third-order valence-corrected chi connectivity index (χ3v) is 2.05. The third-order valence-electron chi connectivity index (χ3n) is 2.05. The highest BCUT2D eigenvalue weighted by atomic mass is 16.2. The quantitative estimate of drug-likeness (QED) is 0.579. The second-order valence-electron chi connectivity index (χ2n) is 2.81. The first-order valence-corrected chi connectivity index (χ1v) is 3.82. The van der Waals surface area contributed by atoms with Crippen LogP contribution in [-0.4, -0.2) is 27.3 Å². The van der Waals surface area contributed by atoms with E-state index in [1.807, 2.05) is 10.7 Å². The molecule has 0 bridgehead atoms. The fraction of sp³-hybridized carbons (Fsp3) is 0.429.